The molecule has 4 aromatic rings. The summed E-state index contributed by atoms with van der Waals surface area (Å²) < 4.78 is 1.68. The summed E-state index contributed by atoms with van der Waals surface area (Å²) in [4.78, 5) is 27.0. The zero-order chi connectivity index (χ0) is 22.1. The molecule has 8 nitrogen and oxygen atoms in total. The zero-order valence-corrected chi connectivity index (χ0v) is 18.9. The number of thioether (sulfide) groups is 1. The zero-order valence-electron chi connectivity index (χ0n) is 17.3. The highest BCUT2D eigenvalue weighted by Gasteiger charge is 2.26. The third kappa shape index (κ3) is 3.78. The van der Waals surface area contributed by atoms with Crippen molar-refractivity contribution in [3.05, 3.63) is 65.4 Å². The van der Waals surface area contributed by atoms with Crippen LogP contribution in [-0.4, -0.2) is 68.2 Å². The van der Waals surface area contributed by atoms with Crippen LogP contribution in [0.5, 0.6) is 0 Å². The van der Waals surface area contributed by atoms with Crippen molar-refractivity contribution in [3.63, 3.8) is 0 Å². The molecule has 0 spiro atoms. The summed E-state index contributed by atoms with van der Waals surface area (Å²) in [6.45, 7) is 2.54. The summed E-state index contributed by atoms with van der Waals surface area (Å²) in [5, 5.41) is 9.28. The first-order valence-electron chi connectivity index (χ1n) is 10.2. The number of fused-ring (bicyclic) bond motifs is 1. The molecule has 10 heteroatoms. The van der Waals surface area contributed by atoms with Crippen molar-refractivity contribution in [1.29, 1.82) is 0 Å². The van der Waals surface area contributed by atoms with Crippen LogP contribution in [0, 0.1) is 0 Å². The van der Waals surface area contributed by atoms with Crippen molar-refractivity contribution in [3.8, 4) is 5.69 Å². The number of carbonyl (C=O) groups excluding carboxylic acids is 1. The van der Waals surface area contributed by atoms with Gasteiger partial charge in [-0.3, -0.25) is 4.79 Å². The van der Waals surface area contributed by atoms with E-state index >= 15 is 0 Å². The van der Waals surface area contributed by atoms with E-state index < -0.39 is 0 Å². The number of hydrogen-bond acceptors (Lipinski definition) is 7. The predicted molar refractivity (Wildman–Crippen MR) is 126 cm³/mol. The minimum absolute atomic E-state index is 0.0658. The monoisotopic (exact) mass is 465 g/mol. The fraction of sp³-hybridized carbons (Fsp3) is 0.227. The number of rotatable bonds is 4. The van der Waals surface area contributed by atoms with Crippen LogP contribution in [0.25, 0.3) is 16.9 Å². The summed E-state index contributed by atoms with van der Waals surface area (Å²) >= 11 is 7.59. The Hall–Kier alpha value is -3.17. The van der Waals surface area contributed by atoms with E-state index in [-0.39, 0.29) is 5.91 Å². The molecule has 1 aliphatic heterocycles. The Balaban J connectivity index is 1.36. The van der Waals surface area contributed by atoms with E-state index in [1.54, 1.807) is 28.6 Å². The Morgan fingerprint density at radius 1 is 1.00 bits per heavy atom. The molecule has 0 unspecified atom stereocenters. The van der Waals surface area contributed by atoms with E-state index in [1.165, 1.54) is 6.33 Å². The molecule has 0 N–H and O–H groups in total. The molecule has 32 heavy (non-hydrogen) atoms. The average Bonchev–Trinajstić information content (AvgIpc) is 3.28. The van der Waals surface area contributed by atoms with Crippen LogP contribution < -0.4 is 4.90 Å². The highest BCUT2D eigenvalue weighted by Crippen LogP contribution is 2.26. The number of aromatic nitrogens is 5. The van der Waals surface area contributed by atoms with Gasteiger partial charge in [0.25, 0.3) is 5.91 Å². The van der Waals surface area contributed by atoms with E-state index in [9.17, 15) is 4.79 Å². The van der Waals surface area contributed by atoms with E-state index in [4.69, 9.17) is 11.6 Å². The Morgan fingerprint density at radius 3 is 2.50 bits per heavy atom. The van der Waals surface area contributed by atoms with Crippen LogP contribution in [0.1, 0.15) is 10.4 Å². The maximum atomic E-state index is 13.1. The molecule has 1 saturated heterocycles. The molecular formula is C22H20ClN7OS. The topological polar surface area (TPSA) is 80.0 Å². The minimum Gasteiger partial charge on any atom is -0.351 e. The predicted octanol–water partition coefficient (Wildman–Crippen LogP) is 3.55. The molecule has 1 fully saturated rings. The van der Waals surface area contributed by atoms with Gasteiger partial charge in [0, 0.05) is 36.1 Å². The lowest BCUT2D eigenvalue weighted by Crippen LogP contribution is -2.49. The normalized spacial score (nSPS) is 14.2. The molecule has 1 aliphatic rings. The molecule has 1 amide bonds. The molecule has 2 aromatic heterocycles. The Bertz CT molecular complexity index is 1270. The number of amides is 1. The fourth-order valence-corrected chi connectivity index (χ4v) is 4.55. The molecule has 2 aromatic carbocycles. The number of anilines is 1. The second-order valence-electron chi connectivity index (χ2n) is 7.33. The molecule has 3 heterocycles. The highest BCUT2D eigenvalue weighted by molar-refractivity contribution is 7.98. The summed E-state index contributed by atoms with van der Waals surface area (Å²) in [5.74, 6) is 0.794. The van der Waals surface area contributed by atoms with Crippen molar-refractivity contribution < 1.29 is 4.79 Å². The van der Waals surface area contributed by atoms with Gasteiger partial charge < -0.3 is 9.80 Å². The number of carbonyl (C=O) groups is 1. The number of piperazine rings is 1. The van der Waals surface area contributed by atoms with Gasteiger partial charge in [-0.2, -0.15) is 4.68 Å². The highest BCUT2D eigenvalue weighted by atomic mass is 35.5. The quantitative estimate of drug-likeness (QED) is 0.426. The molecule has 0 radical (unpaired) electrons. The largest absolute Gasteiger partial charge is 0.351 e. The number of halogens is 1. The van der Waals surface area contributed by atoms with Crippen LogP contribution >= 0.6 is 23.4 Å². The summed E-state index contributed by atoms with van der Waals surface area (Å²) in [7, 11) is 0. The van der Waals surface area contributed by atoms with E-state index in [0.717, 1.165) is 22.0 Å². The Morgan fingerprint density at radius 2 is 1.75 bits per heavy atom. The van der Waals surface area contributed by atoms with Crippen molar-refractivity contribution in [2.45, 2.75) is 4.90 Å². The van der Waals surface area contributed by atoms with Gasteiger partial charge in [-0.05, 0) is 42.7 Å². The fourth-order valence-electron chi connectivity index (χ4n) is 3.84. The van der Waals surface area contributed by atoms with Crippen LogP contribution in [0.15, 0.2) is 59.8 Å². The Kier molecular flexibility index (Phi) is 5.67. The first-order valence-corrected chi connectivity index (χ1v) is 11.8. The van der Waals surface area contributed by atoms with Gasteiger partial charge in [0.05, 0.1) is 11.3 Å². The maximum Gasteiger partial charge on any atom is 0.255 e. The van der Waals surface area contributed by atoms with Gasteiger partial charge in [0.15, 0.2) is 17.0 Å². The maximum absolute atomic E-state index is 13.1. The van der Waals surface area contributed by atoms with Crippen molar-refractivity contribution in [1.82, 2.24) is 29.9 Å². The summed E-state index contributed by atoms with van der Waals surface area (Å²) in [6.07, 6.45) is 3.52. The molecule has 0 bridgehead atoms. The second-order valence-corrected chi connectivity index (χ2v) is 8.61. The lowest BCUT2D eigenvalue weighted by atomic mass is 10.2. The van der Waals surface area contributed by atoms with Gasteiger partial charge in [-0.25, -0.2) is 9.97 Å². The molecule has 0 atom stereocenters. The summed E-state index contributed by atoms with van der Waals surface area (Å²) in [6, 6.07) is 15.1. The third-order valence-corrected chi connectivity index (χ3v) is 6.54. The van der Waals surface area contributed by atoms with E-state index in [0.29, 0.717) is 42.4 Å². The lowest BCUT2D eigenvalue weighted by Gasteiger charge is -2.35. The molecule has 5 rings (SSSR count). The standard InChI is InChI=1S/C22H20ClN7OS/c1-32-18-5-3-2-4-17(18)22(31)29-12-10-28(11-13-29)20-19-21(25-14-24-20)30(27-26-19)16-8-6-15(23)7-9-16/h2-9,14H,10-13H2,1H3. The number of nitrogens with zero attached hydrogens (tertiary/aromatic N) is 7. The number of benzene rings is 2. The number of hydrogen-bond donors (Lipinski definition) is 0. The van der Waals surface area contributed by atoms with Gasteiger partial charge in [-0.15, -0.1) is 16.9 Å². The second kappa shape index (κ2) is 8.76. The van der Waals surface area contributed by atoms with Crippen LogP contribution in [-0.2, 0) is 0 Å². The van der Waals surface area contributed by atoms with Crippen LogP contribution in [0.4, 0.5) is 5.82 Å². The van der Waals surface area contributed by atoms with Gasteiger partial charge in [-0.1, -0.05) is 28.9 Å². The van der Waals surface area contributed by atoms with Gasteiger partial charge in [0.2, 0.25) is 0 Å². The van der Waals surface area contributed by atoms with Gasteiger partial charge in [0.1, 0.15) is 6.33 Å². The SMILES string of the molecule is CSc1ccccc1C(=O)N1CCN(c2ncnc3c2nnn3-c2ccc(Cl)cc2)CC1. The lowest BCUT2D eigenvalue weighted by molar-refractivity contribution is 0.0743. The molecule has 0 aliphatic carbocycles. The smallest absolute Gasteiger partial charge is 0.255 e. The first-order chi connectivity index (χ1) is 15.7. The van der Waals surface area contributed by atoms with E-state index in [1.807, 2.05) is 47.6 Å². The molecular weight excluding hydrogens is 446 g/mol. The summed E-state index contributed by atoms with van der Waals surface area (Å²) in [5.41, 5.74) is 2.84. The van der Waals surface area contributed by atoms with Crippen molar-refractivity contribution >= 4 is 46.3 Å². The molecule has 162 valence electrons. The van der Waals surface area contributed by atoms with Crippen molar-refractivity contribution in [2.75, 3.05) is 37.3 Å². The first kappa shape index (κ1) is 20.7. The van der Waals surface area contributed by atoms with Crippen molar-refractivity contribution in [2.24, 2.45) is 0 Å². The van der Waals surface area contributed by atoms with Crippen LogP contribution in [0.3, 0.4) is 0 Å². The Labute approximate surface area is 194 Å². The third-order valence-electron chi connectivity index (χ3n) is 5.49. The van der Waals surface area contributed by atoms with E-state index in [2.05, 4.69) is 25.2 Å². The van der Waals surface area contributed by atoms with Gasteiger partial charge >= 0.3 is 0 Å². The minimum atomic E-state index is 0.0658. The average molecular weight is 466 g/mol. The van der Waals surface area contributed by atoms with Crippen LogP contribution in [0.2, 0.25) is 5.02 Å². The molecule has 0 saturated carbocycles.